The Bertz CT molecular complexity index is 1120. The molecule has 10 heteroatoms. The minimum atomic E-state index is -1.09. The van der Waals surface area contributed by atoms with Crippen molar-refractivity contribution < 1.29 is 29.1 Å². The second-order valence-corrected chi connectivity index (χ2v) is 7.99. The Morgan fingerprint density at radius 3 is 2.44 bits per heavy atom. The molecule has 178 valence electrons. The number of carbonyl (C=O) groups excluding carboxylic acids is 2. The van der Waals surface area contributed by atoms with E-state index in [0.717, 1.165) is 0 Å². The monoisotopic (exact) mass is 467 g/mol. The summed E-state index contributed by atoms with van der Waals surface area (Å²) in [4.78, 5) is 40.9. The van der Waals surface area contributed by atoms with Gasteiger partial charge in [0.2, 0.25) is 0 Å². The van der Waals surface area contributed by atoms with Gasteiger partial charge in [0.15, 0.2) is 0 Å². The maximum atomic E-state index is 13.1. The zero-order valence-electron chi connectivity index (χ0n) is 18.7. The number of ether oxygens (including phenoxy) is 2. The summed E-state index contributed by atoms with van der Waals surface area (Å²) in [5.41, 5.74) is 0.0668. The van der Waals surface area contributed by atoms with Crippen LogP contribution in [0.5, 0.6) is 5.75 Å². The van der Waals surface area contributed by atoms with Crippen molar-refractivity contribution in [3.63, 3.8) is 0 Å². The number of carbonyl (C=O) groups is 2. The fourth-order valence-corrected chi connectivity index (χ4v) is 4.30. The number of hydrogen-bond acceptors (Lipinski definition) is 8. The SMILES string of the molecule is COc1ccc(/C(O)=C2\C(=O)C(=O)N(CCN3CCOCC3)[C@H]2c2ccccc2[N+](=O)[O-])cc1. The summed E-state index contributed by atoms with van der Waals surface area (Å²) < 4.78 is 10.5. The molecule has 2 aliphatic heterocycles. The Balaban J connectivity index is 1.79. The molecule has 1 atom stereocenters. The summed E-state index contributed by atoms with van der Waals surface area (Å²) in [5.74, 6) is -1.51. The van der Waals surface area contributed by atoms with E-state index in [2.05, 4.69) is 4.90 Å². The molecule has 0 spiro atoms. The lowest BCUT2D eigenvalue weighted by atomic mass is 9.94. The van der Waals surface area contributed by atoms with Gasteiger partial charge < -0.3 is 19.5 Å². The van der Waals surface area contributed by atoms with Gasteiger partial charge in [0.25, 0.3) is 17.4 Å². The lowest BCUT2D eigenvalue weighted by molar-refractivity contribution is -0.385. The number of hydrogen-bond donors (Lipinski definition) is 1. The predicted octanol–water partition coefficient (Wildman–Crippen LogP) is 2.36. The van der Waals surface area contributed by atoms with Crippen LogP contribution in [0.25, 0.3) is 5.76 Å². The van der Waals surface area contributed by atoms with E-state index in [1.54, 1.807) is 30.3 Å². The van der Waals surface area contributed by atoms with Gasteiger partial charge in [0.1, 0.15) is 11.5 Å². The Kier molecular flexibility index (Phi) is 6.90. The predicted molar refractivity (Wildman–Crippen MR) is 122 cm³/mol. The zero-order valence-corrected chi connectivity index (χ0v) is 18.7. The van der Waals surface area contributed by atoms with Gasteiger partial charge in [0, 0.05) is 37.8 Å². The van der Waals surface area contributed by atoms with Gasteiger partial charge in [-0.1, -0.05) is 12.1 Å². The van der Waals surface area contributed by atoms with Crippen molar-refractivity contribution in [1.82, 2.24) is 9.80 Å². The summed E-state index contributed by atoms with van der Waals surface area (Å²) in [6.07, 6.45) is 0. The molecule has 2 heterocycles. The maximum absolute atomic E-state index is 13.1. The highest BCUT2D eigenvalue weighted by Crippen LogP contribution is 2.42. The molecule has 2 fully saturated rings. The molecular formula is C24H25N3O7. The van der Waals surface area contributed by atoms with E-state index in [1.807, 2.05) is 0 Å². The lowest BCUT2D eigenvalue weighted by Crippen LogP contribution is -2.42. The van der Waals surface area contributed by atoms with Crippen LogP contribution in [0, 0.1) is 10.1 Å². The molecule has 2 aliphatic rings. The highest BCUT2D eigenvalue weighted by Gasteiger charge is 2.48. The normalized spacial score (nSPS) is 20.5. The molecule has 34 heavy (non-hydrogen) atoms. The Morgan fingerprint density at radius 2 is 1.79 bits per heavy atom. The number of benzene rings is 2. The van der Waals surface area contributed by atoms with Crippen molar-refractivity contribution in [3.05, 3.63) is 75.3 Å². The van der Waals surface area contributed by atoms with Crippen molar-refractivity contribution in [2.45, 2.75) is 6.04 Å². The molecule has 2 aromatic rings. The van der Waals surface area contributed by atoms with Crippen molar-refractivity contribution in [2.24, 2.45) is 0 Å². The van der Waals surface area contributed by atoms with Crippen LogP contribution in [-0.2, 0) is 14.3 Å². The molecule has 0 unspecified atom stereocenters. The molecule has 0 aromatic heterocycles. The highest BCUT2D eigenvalue weighted by atomic mass is 16.6. The maximum Gasteiger partial charge on any atom is 0.295 e. The number of amides is 1. The van der Waals surface area contributed by atoms with Crippen LogP contribution < -0.4 is 4.74 Å². The van der Waals surface area contributed by atoms with E-state index in [-0.39, 0.29) is 23.4 Å². The molecule has 0 aliphatic carbocycles. The number of aliphatic hydroxyl groups is 1. The van der Waals surface area contributed by atoms with Crippen LogP contribution in [-0.4, -0.2) is 78.0 Å². The molecule has 10 nitrogen and oxygen atoms in total. The van der Waals surface area contributed by atoms with Crippen molar-refractivity contribution >= 4 is 23.1 Å². The summed E-state index contributed by atoms with van der Waals surface area (Å²) in [5, 5.41) is 22.9. The molecule has 0 bridgehead atoms. The second-order valence-electron chi connectivity index (χ2n) is 7.99. The molecule has 2 saturated heterocycles. The number of aliphatic hydroxyl groups excluding tert-OH is 1. The Labute approximate surface area is 196 Å². The van der Waals surface area contributed by atoms with Gasteiger partial charge in [-0.15, -0.1) is 0 Å². The number of rotatable bonds is 7. The largest absolute Gasteiger partial charge is 0.507 e. The van der Waals surface area contributed by atoms with Crippen LogP contribution in [0.2, 0.25) is 0 Å². The van der Waals surface area contributed by atoms with Crippen LogP contribution in [0.4, 0.5) is 5.69 Å². The minimum Gasteiger partial charge on any atom is -0.507 e. The smallest absolute Gasteiger partial charge is 0.295 e. The van der Waals surface area contributed by atoms with Gasteiger partial charge in [0.05, 0.1) is 42.4 Å². The van der Waals surface area contributed by atoms with E-state index in [9.17, 15) is 24.8 Å². The number of nitrogens with zero attached hydrogens (tertiary/aromatic N) is 3. The third kappa shape index (κ3) is 4.50. The summed E-state index contributed by atoms with van der Waals surface area (Å²) in [7, 11) is 1.50. The van der Waals surface area contributed by atoms with Gasteiger partial charge in [-0.05, 0) is 30.3 Å². The summed E-state index contributed by atoms with van der Waals surface area (Å²) in [6, 6.07) is 11.2. The van der Waals surface area contributed by atoms with Crippen molar-refractivity contribution in [1.29, 1.82) is 0 Å². The summed E-state index contributed by atoms with van der Waals surface area (Å²) in [6.45, 7) is 3.16. The number of nitro benzene ring substituents is 1. The number of morpholine rings is 1. The van der Waals surface area contributed by atoms with E-state index in [1.165, 1.54) is 30.2 Å². The molecule has 0 radical (unpaired) electrons. The zero-order chi connectivity index (χ0) is 24.2. The topological polar surface area (TPSA) is 122 Å². The number of methoxy groups -OCH3 is 1. The molecule has 2 aromatic carbocycles. The van der Waals surface area contributed by atoms with E-state index >= 15 is 0 Å². The van der Waals surface area contributed by atoms with Crippen molar-refractivity contribution in [2.75, 3.05) is 46.5 Å². The quantitative estimate of drug-likeness (QED) is 0.217. The average Bonchev–Trinajstić information content (AvgIpc) is 3.12. The van der Waals surface area contributed by atoms with Gasteiger partial charge in [-0.3, -0.25) is 24.6 Å². The van der Waals surface area contributed by atoms with Crippen LogP contribution in [0.15, 0.2) is 54.1 Å². The third-order valence-electron chi connectivity index (χ3n) is 6.09. The van der Waals surface area contributed by atoms with Crippen molar-refractivity contribution in [3.8, 4) is 5.75 Å². The van der Waals surface area contributed by atoms with Crippen LogP contribution in [0.3, 0.4) is 0 Å². The lowest BCUT2D eigenvalue weighted by Gasteiger charge is -2.30. The fraction of sp³-hybridized carbons (Fsp3) is 0.333. The third-order valence-corrected chi connectivity index (χ3v) is 6.09. The van der Waals surface area contributed by atoms with E-state index in [0.29, 0.717) is 44.2 Å². The molecule has 1 amide bonds. The number of nitro groups is 1. The number of likely N-dealkylation sites (tertiary alicyclic amines) is 1. The molecular weight excluding hydrogens is 442 g/mol. The van der Waals surface area contributed by atoms with Gasteiger partial charge in [-0.25, -0.2) is 0 Å². The minimum absolute atomic E-state index is 0.167. The molecule has 4 rings (SSSR count). The van der Waals surface area contributed by atoms with E-state index < -0.39 is 28.4 Å². The number of ketones is 1. The summed E-state index contributed by atoms with van der Waals surface area (Å²) >= 11 is 0. The van der Waals surface area contributed by atoms with Crippen LogP contribution >= 0.6 is 0 Å². The number of para-hydroxylation sites is 1. The Hall–Kier alpha value is -3.76. The first-order valence-corrected chi connectivity index (χ1v) is 10.9. The molecule has 1 N–H and O–H groups in total. The first kappa shape index (κ1) is 23.4. The second kappa shape index (κ2) is 10.0. The number of Topliss-reactive ketones (excluding diaryl/α,β-unsaturated/α-hetero) is 1. The average molecular weight is 467 g/mol. The van der Waals surface area contributed by atoms with Gasteiger partial charge in [-0.2, -0.15) is 0 Å². The standard InChI is InChI=1S/C24H25N3O7/c1-33-17-8-6-16(7-9-17)22(28)20-21(18-4-2-3-5-19(18)27(31)32)26(24(30)23(20)29)11-10-25-12-14-34-15-13-25/h2-9,21,28H,10-15H2,1H3/b22-20+/t21-/m0/s1. The molecule has 0 saturated carbocycles. The first-order valence-electron chi connectivity index (χ1n) is 10.9. The van der Waals surface area contributed by atoms with E-state index in [4.69, 9.17) is 9.47 Å². The first-order chi connectivity index (χ1) is 16.4. The highest BCUT2D eigenvalue weighted by molar-refractivity contribution is 6.46. The van der Waals surface area contributed by atoms with Gasteiger partial charge >= 0.3 is 0 Å². The van der Waals surface area contributed by atoms with Crippen LogP contribution in [0.1, 0.15) is 17.2 Å². The Morgan fingerprint density at radius 1 is 1.12 bits per heavy atom. The fourth-order valence-electron chi connectivity index (χ4n) is 4.30.